The number of ether oxygens (including phenoxy) is 1. The van der Waals surface area contributed by atoms with E-state index in [1.807, 2.05) is 46.8 Å². The number of fused-ring (bicyclic) bond motifs is 2. The highest BCUT2D eigenvalue weighted by molar-refractivity contribution is 5.93. The Kier molecular flexibility index (Phi) is 5.03. The summed E-state index contributed by atoms with van der Waals surface area (Å²) < 4.78 is 8.84. The first kappa shape index (κ1) is 19.5. The molecule has 9 heteroatoms. The fourth-order valence-electron chi connectivity index (χ4n) is 4.10. The Morgan fingerprint density at radius 2 is 2.03 bits per heavy atom. The van der Waals surface area contributed by atoms with Crippen LogP contribution in [0.1, 0.15) is 30.3 Å². The van der Waals surface area contributed by atoms with Gasteiger partial charge in [0.25, 0.3) is 5.91 Å². The zero-order chi connectivity index (χ0) is 21.4. The van der Waals surface area contributed by atoms with E-state index in [0.29, 0.717) is 18.2 Å². The molecule has 0 bridgehead atoms. The van der Waals surface area contributed by atoms with Crippen LogP contribution in [0.3, 0.4) is 0 Å². The zero-order valence-electron chi connectivity index (χ0n) is 17.7. The number of methoxy groups -OCH3 is 1. The van der Waals surface area contributed by atoms with Crippen molar-refractivity contribution in [3.8, 4) is 11.1 Å². The summed E-state index contributed by atoms with van der Waals surface area (Å²) in [4.78, 5) is 23.7. The topological polar surface area (TPSA) is 89.1 Å². The Balaban J connectivity index is 1.48. The third kappa shape index (κ3) is 3.61. The molecule has 160 valence electrons. The van der Waals surface area contributed by atoms with E-state index in [-0.39, 0.29) is 11.9 Å². The number of carbonyl (C=O) groups is 1. The van der Waals surface area contributed by atoms with Crippen molar-refractivity contribution in [1.82, 2.24) is 28.9 Å². The van der Waals surface area contributed by atoms with Crippen molar-refractivity contribution in [2.75, 3.05) is 32.1 Å². The van der Waals surface area contributed by atoms with Gasteiger partial charge < -0.3 is 15.0 Å². The number of hydrogen-bond donors (Lipinski definition) is 1. The summed E-state index contributed by atoms with van der Waals surface area (Å²) in [7, 11) is 1.67. The molecule has 1 N–H and O–H groups in total. The minimum atomic E-state index is 0.0353. The third-order valence-corrected chi connectivity index (χ3v) is 5.64. The van der Waals surface area contributed by atoms with Gasteiger partial charge in [-0.15, -0.1) is 5.10 Å². The van der Waals surface area contributed by atoms with Crippen LogP contribution in [0.15, 0.2) is 43.0 Å². The fourth-order valence-corrected chi connectivity index (χ4v) is 4.10. The van der Waals surface area contributed by atoms with Gasteiger partial charge in [-0.2, -0.15) is 0 Å². The standard InChI is InChI=1S/C22H25N7O2/c1-15(14-31-2)25-22-24-11-18-17(7-10-29(18)26-22)16-5-6-20-23-12-19(28(20)13-16)21(30)27-8-3-4-9-27/h5-7,10-13,15H,3-4,8-9,14H2,1-2H3,(H,25,26)/t15-/m1/s1. The van der Waals surface area contributed by atoms with Gasteiger partial charge in [-0.3, -0.25) is 9.20 Å². The normalized spacial score (nSPS) is 15.1. The number of rotatable bonds is 6. The minimum Gasteiger partial charge on any atom is -0.383 e. The van der Waals surface area contributed by atoms with Gasteiger partial charge in [0.15, 0.2) is 0 Å². The molecule has 1 fully saturated rings. The van der Waals surface area contributed by atoms with E-state index < -0.39 is 0 Å². The third-order valence-electron chi connectivity index (χ3n) is 5.64. The lowest BCUT2D eigenvalue weighted by Crippen LogP contribution is -2.28. The highest BCUT2D eigenvalue weighted by atomic mass is 16.5. The summed E-state index contributed by atoms with van der Waals surface area (Å²) in [5.41, 5.74) is 4.20. The molecule has 0 unspecified atom stereocenters. The molecule has 31 heavy (non-hydrogen) atoms. The maximum Gasteiger partial charge on any atom is 0.272 e. The van der Waals surface area contributed by atoms with Crippen molar-refractivity contribution < 1.29 is 9.53 Å². The second-order valence-corrected chi connectivity index (χ2v) is 7.93. The lowest BCUT2D eigenvalue weighted by atomic mass is 10.1. The van der Waals surface area contributed by atoms with Gasteiger partial charge in [0.1, 0.15) is 11.3 Å². The van der Waals surface area contributed by atoms with E-state index in [1.165, 1.54) is 0 Å². The maximum atomic E-state index is 12.9. The van der Waals surface area contributed by atoms with E-state index in [2.05, 4.69) is 20.4 Å². The Labute approximate surface area is 179 Å². The molecule has 0 saturated carbocycles. The van der Waals surface area contributed by atoms with Crippen molar-refractivity contribution >= 4 is 23.0 Å². The largest absolute Gasteiger partial charge is 0.383 e. The number of hydrogen-bond acceptors (Lipinski definition) is 6. The Morgan fingerprint density at radius 3 is 2.84 bits per heavy atom. The monoisotopic (exact) mass is 419 g/mol. The number of nitrogens with one attached hydrogen (secondary N) is 1. The molecule has 1 aliphatic heterocycles. The van der Waals surface area contributed by atoms with Crippen LogP contribution < -0.4 is 5.32 Å². The average molecular weight is 419 g/mol. The van der Waals surface area contributed by atoms with Crippen LogP contribution >= 0.6 is 0 Å². The zero-order valence-corrected chi connectivity index (χ0v) is 17.7. The molecule has 0 spiro atoms. The van der Waals surface area contributed by atoms with Crippen LogP contribution in [0.2, 0.25) is 0 Å². The second kappa shape index (κ2) is 7.99. The van der Waals surface area contributed by atoms with Crippen LogP contribution in [0.5, 0.6) is 0 Å². The number of carbonyl (C=O) groups excluding carboxylic acids is 1. The first-order chi connectivity index (χ1) is 15.1. The number of pyridine rings is 1. The van der Waals surface area contributed by atoms with E-state index in [9.17, 15) is 4.79 Å². The SMILES string of the molecule is COC[C@@H](C)Nc1ncc2c(-c3ccc4ncc(C(=O)N5CCCC5)n4c3)ccn2n1. The van der Waals surface area contributed by atoms with Gasteiger partial charge in [-0.05, 0) is 38.0 Å². The molecular formula is C22H25N7O2. The summed E-state index contributed by atoms with van der Waals surface area (Å²) in [6, 6.07) is 6.05. The number of nitrogens with zero attached hydrogens (tertiary/aromatic N) is 6. The molecule has 1 aliphatic rings. The van der Waals surface area contributed by atoms with E-state index in [0.717, 1.165) is 48.2 Å². The van der Waals surface area contributed by atoms with Crippen molar-refractivity contribution in [2.45, 2.75) is 25.8 Å². The second-order valence-electron chi connectivity index (χ2n) is 7.93. The van der Waals surface area contributed by atoms with Crippen molar-refractivity contribution in [3.63, 3.8) is 0 Å². The lowest BCUT2D eigenvalue weighted by Gasteiger charge is -2.14. The van der Waals surface area contributed by atoms with Crippen LogP contribution in [0.4, 0.5) is 5.95 Å². The predicted molar refractivity (Wildman–Crippen MR) is 117 cm³/mol. The van der Waals surface area contributed by atoms with E-state index in [1.54, 1.807) is 24.0 Å². The van der Waals surface area contributed by atoms with Crippen LogP contribution in [-0.4, -0.2) is 67.6 Å². The van der Waals surface area contributed by atoms with Crippen molar-refractivity contribution in [3.05, 3.63) is 48.7 Å². The van der Waals surface area contributed by atoms with Crippen molar-refractivity contribution in [2.24, 2.45) is 0 Å². The summed E-state index contributed by atoms with van der Waals surface area (Å²) >= 11 is 0. The molecular weight excluding hydrogens is 394 g/mol. The number of imidazole rings is 1. The highest BCUT2D eigenvalue weighted by Crippen LogP contribution is 2.26. The van der Waals surface area contributed by atoms with Crippen LogP contribution in [0, 0.1) is 0 Å². The minimum absolute atomic E-state index is 0.0353. The molecule has 5 heterocycles. The molecule has 0 aliphatic carbocycles. The Bertz CT molecular complexity index is 1240. The predicted octanol–water partition coefficient (Wildman–Crippen LogP) is 2.73. The number of aromatic nitrogens is 5. The van der Waals surface area contributed by atoms with Crippen LogP contribution in [0.25, 0.3) is 22.3 Å². The van der Waals surface area contributed by atoms with E-state index in [4.69, 9.17) is 4.74 Å². The summed E-state index contributed by atoms with van der Waals surface area (Å²) in [5, 5.41) is 7.78. The molecule has 1 atom stereocenters. The molecule has 0 aromatic carbocycles. The number of likely N-dealkylation sites (tertiary alicyclic amines) is 1. The number of amides is 1. The van der Waals surface area contributed by atoms with E-state index >= 15 is 0 Å². The smallest absolute Gasteiger partial charge is 0.272 e. The number of anilines is 1. The summed E-state index contributed by atoms with van der Waals surface area (Å²) in [5.74, 6) is 0.580. The van der Waals surface area contributed by atoms with Gasteiger partial charge in [-0.1, -0.05) is 0 Å². The molecule has 4 aromatic rings. The first-order valence-corrected chi connectivity index (χ1v) is 10.5. The maximum absolute atomic E-state index is 12.9. The van der Waals surface area contributed by atoms with Gasteiger partial charge in [0, 0.05) is 49.8 Å². The van der Waals surface area contributed by atoms with Gasteiger partial charge in [0.2, 0.25) is 5.95 Å². The molecule has 4 aromatic heterocycles. The average Bonchev–Trinajstić information content (AvgIpc) is 3.52. The molecule has 0 radical (unpaired) electrons. The Morgan fingerprint density at radius 1 is 1.19 bits per heavy atom. The van der Waals surface area contributed by atoms with Gasteiger partial charge in [-0.25, -0.2) is 14.5 Å². The van der Waals surface area contributed by atoms with Crippen molar-refractivity contribution in [1.29, 1.82) is 0 Å². The van der Waals surface area contributed by atoms with Gasteiger partial charge >= 0.3 is 0 Å². The molecule has 1 saturated heterocycles. The lowest BCUT2D eigenvalue weighted by molar-refractivity contribution is 0.0786. The molecule has 1 amide bonds. The highest BCUT2D eigenvalue weighted by Gasteiger charge is 2.22. The Hall–Kier alpha value is -3.46. The summed E-state index contributed by atoms with van der Waals surface area (Å²) in [6.07, 6.45) is 9.47. The fraction of sp³-hybridized carbons (Fsp3) is 0.364. The summed E-state index contributed by atoms with van der Waals surface area (Å²) in [6.45, 7) is 4.21. The first-order valence-electron chi connectivity index (χ1n) is 10.5. The van der Waals surface area contributed by atoms with Crippen LogP contribution in [-0.2, 0) is 4.74 Å². The molecule has 5 rings (SSSR count). The van der Waals surface area contributed by atoms with Gasteiger partial charge in [0.05, 0.1) is 24.5 Å². The quantitative estimate of drug-likeness (QED) is 0.517. The molecule has 9 nitrogen and oxygen atoms in total.